The van der Waals surface area contributed by atoms with Crippen LogP contribution in [0.15, 0.2) is 18.2 Å². The van der Waals surface area contributed by atoms with E-state index in [1.807, 2.05) is 0 Å². The third-order valence-electron chi connectivity index (χ3n) is 2.68. The van der Waals surface area contributed by atoms with Gasteiger partial charge >= 0.3 is 18.0 Å². The van der Waals surface area contributed by atoms with Crippen molar-refractivity contribution in [3.63, 3.8) is 0 Å². The minimum Gasteiger partial charge on any atom is -0.480 e. The molecule has 130 valence electrons. The SMILES string of the molecule is CC(C)(C)OC(=O)Nc1cc(C(C(=O)O)C(=O)O)ccc1[N+](=O)[O-]. The summed E-state index contributed by atoms with van der Waals surface area (Å²) < 4.78 is 4.97. The van der Waals surface area contributed by atoms with Crippen molar-refractivity contribution in [2.45, 2.75) is 32.3 Å². The van der Waals surface area contributed by atoms with E-state index in [1.54, 1.807) is 20.8 Å². The van der Waals surface area contributed by atoms with Crippen molar-refractivity contribution >= 4 is 29.4 Å². The number of nitro groups is 1. The van der Waals surface area contributed by atoms with Crippen LogP contribution in [0.25, 0.3) is 0 Å². The van der Waals surface area contributed by atoms with E-state index in [0.29, 0.717) is 0 Å². The smallest absolute Gasteiger partial charge is 0.412 e. The highest BCUT2D eigenvalue weighted by molar-refractivity contribution is 5.99. The Hall–Kier alpha value is -3.17. The second kappa shape index (κ2) is 6.94. The highest BCUT2D eigenvalue weighted by Crippen LogP contribution is 2.29. The molecule has 0 radical (unpaired) electrons. The first-order valence-corrected chi connectivity index (χ1v) is 6.66. The summed E-state index contributed by atoms with van der Waals surface area (Å²) in [7, 11) is 0. The quantitative estimate of drug-likeness (QED) is 0.418. The van der Waals surface area contributed by atoms with Crippen LogP contribution in [0.5, 0.6) is 0 Å². The van der Waals surface area contributed by atoms with Gasteiger partial charge in [0, 0.05) is 6.07 Å². The van der Waals surface area contributed by atoms with Crippen LogP contribution >= 0.6 is 0 Å². The fourth-order valence-electron chi connectivity index (χ4n) is 1.80. The first-order valence-electron chi connectivity index (χ1n) is 6.66. The second-order valence-corrected chi connectivity index (χ2v) is 5.77. The molecule has 0 aliphatic rings. The van der Waals surface area contributed by atoms with Gasteiger partial charge < -0.3 is 14.9 Å². The third kappa shape index (κ3) is 4.93. The predicted octanol–water partition coefficient (Wildman–Crippen LogP) is 2.19. The molecule has 0 spiro atoms. The van der Waals surface area contributed by atoms with Crippen LogP contribution in [-0.4, -0.2) is 38.8 Å². The van der Waals surface area contributed by atoms with E-state index in [2.05, 4.69) is 5.32 Å². The molecule has 0 saturated heterocycles. The van der Waals surface area contributed by atoms with Gasteiger partial charge in [-0.3, -0.25) is 25.0 Å². The number of hydrogen-bond acceptors (Lipinski definition) is 6. The Labute approximate surface area is 136 Å². The summed E-state index contributed by atoms with van der Waals surface area (Å²) in [5, 5.41) is 31.1. The Bertz CT molecular complexity index is 679. The van der Waals surface area contributed by atoms with Crippen LogP contribution in [0, 0.1) is 10.1 Å². The molecule has 0 unspecified atom stereocenters. The maximum Gasteiger partial charge on any atom is 0.412 e. The first-order chi connectivity index (χ1) is 10.9. The molecule has 0 saturated carbocycles. The molecule has 0 atom stereocenters. The van der Waals surface area contributed by atoms with Gasteiger partial charge in [-0.1, -0.05) is 6.07 Å². The summed E-state index contributed by atoms with van der Waals surface area (Å²) in [4.78, 5) is 44.1. The summed E-state index contributed by atoms with van der Waals surface area (Å²) >= 11 is 0. The van der Waals surface area contributed by atoms with Crippen LogP contribution in [-0.2, 0) is 14.3 Å². The zero-order valence-corrected chi connectivity index (χ0v) is 13.1. The lowest BCUT2D eigenvalue weighted by molar-refractivity contribution is -0.383. The van der Waals surface area contributed by atoms with Gasteiger partial charge in [0.05, 0.1) is 4.92 Å². The van der Waals surface area contributed by atoms with E-state index in [4.69, 9.17) is 14.9 Å². The summed E-state index contributed by atoms with van der Waals surface area (Å²) in [6.45, 7) is 4.76. The van der Waals surface area contributed by atoms with Gasteiger partial charge in [0.1, 0.15) is 11.3 Å². The number of carboxylic acid groups (broad SMARTS) is 2. The number of carbonyl (C=O) groups excluding carboxylic acids is 1. The fourth-order valence-corrected chi connectivity index (χ4v) is 1.80. The van der Waals surface area contributed by atoms with Crippen molar-refractivity contribution < 1.29 is 34.3 Å². The Morgan fingerprint density at radius 1 is 1.21 bits per heavy atom. The number of aliphatic carboxylic acids is 2. The standard InChI is InChI=1S/C14H16N2O8/c1-14(2,3)24-13(21)15-8-6-7(4-5-9(8)16(22)23)10(11(17)18)12(19)20/h4-6,10H,1-3H3,(H,15,21)(H,17,18)(H,19,20). The highest BCUT2D eigenvalue weighted by Gasteiger charge is 2.30. The molecule has 10 heteroatoms. The van der Waals surface area contributed by atoms with Crippen molar-refractivity contribution in [2.24, 2.45) is 0 Å². The second-order valence-electron chi connectivity index (χ2n) is 5.77. The Kier molecular flexibility index (Phi) is 5.46. The molecule has 0 heterocycles. The lowest BCUT2D eigenvalue weighted by atomic mass is 9.98. The monoisotopic (exact) mass is 340 g/mol. The van der Waals surface area contributed by atoms with Gasteiger partial charge in [-0.05, 0) is 32.4 Å². The molecule has 1 amide bonds. The van der Waals surface area contributed by atoms with Crippen molar-refractivity contribution in [2.75, 3.05) is 5.32 Å². The van der Waals surface area contributed by atoms with Crippen LogP contribution in [0.4, 0.5) is 16.2 Å². The lowest BCUT2D eigenvalue weighted by Crippen LogP contribution is -2.27. The van der Waals surface area contributed by atoms with E-state index >= 15 is 0 Å². The third-order valence-corrected chi connectivity index (χ3v) is 2.68. The fraction of sp³-hybridized carbons (Fsp3) is 0.357. The van der Waals surface area contributed by atoms with E-state index in [9.17, 15) is 24.5 Å². The molecule has 24 heavy (non-hydrogen) atoms. The summed E-state index contributed by atoms with van der Waals surface area (Å²) in [6, 6.07) is 2.85. The summed E-state index contributed by atoms with van der Waals surface area (Å²) in [5.74, 6) is -5.20. The average Bonchev–Trinajstić information content (AvgIpc) is 2.34. The van der Waals surface area contributed by atoms with E-state index in [-0.39, 0.29) is 11.3 Å². The van der Waals surface area contributed by atoms with Crippen molar-refractivity contribution in [3.8, 4) is 0 Å². The molecule has 10 nitrogen and oxygen atoms in total. The number of carbonyl (C=O) groups is 3. The number of benzene rings is 1. The number of amides is 1. The van der Waals surface area contributed by atoms with Gasteiger partial charge in [0.25, 0.3) is 5.69 Å². The number of rotatable bonds is 5. The van der Waals surface area contributed by atoms with Crippen LogP contribution in [0.3, 0.4) is 0 Å². The molecule has 0 aromatic heterocycles. The largest absolute Gasteiger partial charge is 0.480 e. The van der Waals surface area contributed by atoms with Gasteiger partial charge in [0.15, 0.2) is 5.92 Å². The van der Waals surface area contributed by atoms with Crippen molar-refractivity contribution in [3.05, 3.63) is 33.9 Å². The van der Waals surface area contributed by atoms with Crippen molar-refractivity contribution in [1.82, 2.24) is 0 Å². The van der Waals surface area contributed by atoms with E-state index < -0.39 is 40.2 Å². The molecular weight excluding hydrogens is 324 g/mol. The predicted molar refractivity (Wildman–Crippen MR) is 81.0 cm³/mol. The topological polar surface area (TPSA) is 156 Å². The van der Waals surface area contributed by atoms with Gasteiger partial charge in [-0.25, -0.2) is 4.79 Å². The van der Waals surface area contributed by atoms with Crippen molar-refractivity contribution in [1.29, 1.82) is 0 Å². The molecule has 3 N–H and O–H groups in total. The maximum atomic E-state index is 11.8. The first kappa shape index (κ1) is 18.9. The number of nitrogens with one attached hydrogen (secondary N) is 1. The van der Waals surface area contributed by atoms with Crippen LogP contribution in [0.1, 0.15) is 32.3 Å². The number of hydrogen-bond donors (Lipinski definition) is 3. The molecule has 0 aliphatic carbocycles. The average molecular weight is 340 g/mol. The van der Waals surface area contributed by atoms with Gasteiger partial charge in [0.2, 0.25) is 0 Å². The highest BCUT2D eigenvalue weighted by atomic mass is 16.6. The number of anilines is 1. The molecule has 1 aromatic carbocycles. The molecule has 0 bridgehead atoms. The number of nitro benzene ring substituents is 1. The molecule has 1 rings (SSSR count). The van der Waals surface area contributed by atoms with Crippen LogP contribution in [0.2, 0.25) is 0 Å². The molecule has 0 fully saturated rings. The molecular formula is C14H16N2O8. The number of nitrogens with zero attached hydrogens (tertiary/aromatic N) is 1. The zero-order valence-electron chi connectivity index (χ0n) is 13.1. The van der Waals surface area contributed by atoms with E-state index in [0.717, 1.165) is 18.2 Å². The number of ether oxygens (including phenoxy) is 1. The number of carboxylic acids is 2. The van der Waals surface area contributed by atoms with E-state index in [1.165, 1.54) is 0 Å². The van der Waals surface area contributed by atoms with Crippen LogP contribution < -0.4 is 5.32 Å². The Balaban J connectivity index is 3.27. The summed E-state index contributed by atoms with van der Waals surface area (Å²) in [6.07, 6.45) is -0.995. The zero-order chi connectivity index (χ0) is 18.7. The lowest BCUT2D eigenvalue weighted by Gasteiger charge is -2.20. The molecule has 1 aromatic rings. The minimum absolute atomic E-state index is 0.230. The van der Waals surface area contributed by atoms with Gasteiger partial charge in [-0.15, -0.1) is 0 Å². The van der Waals surface area contributed by atoms with Gasteiger partial charge in [-0.2, -0.15) is 0 Å². The summed E-state index contributed by atoms with van der Waals surface area (Å²) in [5.41, 5.74) is -1.98. The normalized spacial score (nSPS) is 11.0. The Morgan fingerprint density at radius 3 is 2.17 bits per heavy atom. The molecule has 0 aliphatic heterocycles. The maximum absolute atomic E-state index is 11.8. The Morgan fingerprint density at radius 2 is 1.75 bits per heavy atom. The minimum atomic E-state index is -1.93.